The van der Waals surface area contributed by atoms with Gasteiger partial charge in [-0.2, -0.15) is 5.10 Å². The van der Waals surface area contributed by atoms with E-state index in [0.29, 0.717) is 41.7 Å². The van der Waals surface area contributed by atoms with Crippen molar-refractivity contribution < 1.29 is 4.79 Å². The predicted octanol–water partition coefficient (Wildman–Crippen LogP) is 1.64. The fourth-order valence-corrected chi connectivity index (χ4v) is 2.88. The molecule has 7 nitrogen and oxygen atoms in total. The van der Waals surface area contributed by atoms with Gasteiger partial charge in [-0.25, -0.2) is 9.97 Å². The maximum atomic E-state index is 11.9. The monoisotopic (exact) mass is 320 g/mol. The quantitative estimate of drug-likeness (QED) is 0.699. The Kier molecular flexibility index (Phi) is 3.26. The molecule has 1 aliphatic heterocycles. The highest BCUT2D eigenvalue weighted by Gasteiger charge is 2.20. The van der Waals surface area contributed by atoms with Crippen molar-refractivity contribution in [1.29, 1.82) is 0 Å². The molecule has 24 heavy (non-hydrogen) atoms. The minimum absolute atomic E-state index is 0.113. The van der Waals surface area contributed by atoms with Gasteiger partial charge in [0.2, 0.25) is 0 Å². The van der Waals surface area contributed by atoms with E-state index in [2.05, 4.69) is 20.4 Å². The Balaban J connectivity index is 1.80. The summed E-state index contributed by atoms with van der Waals surface area (Å²) in [5, 5.41) is 7.29. The number of aromatic nitrogens is 4. The highest BCUT2D eigenvalue weighted by atomic mass is 16.2. The fraction of sp³-hybridized carbons (Fsp3) is 0.176. The first-order valence-electron chi connectivity index (χ1n) is 7.68. The van der Waals surface area contributed by atoms with Crippen LogP contribution in [0, 0.1) is 6.92 Å². The smallest absolute Gasteiger partial charge is 0.269 e. The van der Waals surface area contributed by atoms with Gasteiger partial charge in [0.25, 0.3) is 5.91 Å². The van der Waals surface area contributed by atoms with E-state index in [0.717, 1.165) is 11.1 Å². The molecular formula is C17H16N6O. The van der Waals surface area contributed by atoms with E-state index in [-0.39, 0.29) is 5.91 Å². The molecule has 1 amide bonds. The number of carbonyl (C=O) groups excluding carboxylic acids is 1. The number of anilines is 1. The SMILES string of the molecule is Cc1cccc(N)c1-c1nccc(-c2cc3n(n2)CCNC3=O)n1. The average molecular weight is 320 g/mol. The molecule has 0 saturated heterocycles. The summed E-state index contributed by atoms with van der Waals surface area (Å²) in [5.41, 5.74) is 10.4. The largest absolute Gasteiger partial charge is 0.398 e. The number of aryl methyl sites for hydroxylation is 1. The number of fused-ring (bicyclic) bond motifs is 1. The number of hydrogen-bond donors (Lipinski definition) is 2. The molecule has 2 aromatic heterocycles. The summed E-state index contributed by atoms with van der Waals surface area (Å²) in [6.07, 6.45) is 1.68. The number of hydrogen-bond acceptors (Lipinski definition) is 5. The van der Waals surface area contributed by atoms with Gasteiger partial charge in [0, 0.05) is 24.0 Å². The van der Waals surface area contributed by atoms with Crippen LogP contribution in [0.4, 0.5) is 5.69 Å². The van der Waals surface area contributed by atoms with Gasteiger partial charge in [-0.15, -0.1) is 0 Å². The maximum Gasteiger partial charge on any atom is 0.269 e. The van der Waals surface area contributed by atoms with Crippen LogP contribution in [0.3, 0.4) is 0 Å². The van der Waals surface area contributed by atoms with Crippen LogP contribution in [-0.2, 0) is 6.54 Å². The summed E-state index contributed by atoms with van der Waals surface area (Å²) in [4.78, 5) is 20.8. The second kappa shape index (κ2) is 5.45. The van der Waals surface area contributed by atoms with Crippen LogP contribution < -0.4 is 11.1 Å². The van der Waals surface area contributed by atoms with E-state index in [4.69, 9.17) is 5.73 Å². The molecule has 0 bridgehead atoms. The minimum Gasteiger partial charge on any atom is -0.398 e. The number of nitrogens with zero attached hydrogens (tertiary/aromatic N) is 4. The van der Waals surface area contributed by atoms with E-state index in [1.807, 2.05) is 25.1 Å². The molecule has 3 N–H and O–H groups in total. The molecule has 3 aromatic rings. The lowest BCUT2D eigenvalue weighted by molar-refractivity contribution is 0.0924. The van der Waals surface area contributed by atoms with Crippen molar-refractivity contribution in [3.8, 4) is 22.8 Å². The number of nitrogens with one attached hydrogen (secondary N) is 1. The molecule has 4 rings (SSSR count). The summed E-state index contributed by atoms with van der Waals surface area (Å²) < 4.78 is 1.71. The Morgan fingerprint density at radius 3 is 2.92 bits per heavy atom. The van der Waals surface area contributed by atoms with E-state index >= 15 is 0 Å². The van der Waals surface area contributed by atoms with E-state index in [9.17, 15) is 4.79 Å². The Morgan fingerprint density at radius 1 is 1.25 bits per heavy atom. The Bertz CT molecular complexity index is 926. The summed E-state index contributed by atoms with van der Waals surface area (Å²) in [5.74, 6) is 0.441. The third-order valence-corrected chi connectivity index (χ3v) is 4.07. The first-order chi connectivity index (χ1) is 11.6. The number of amides is 1. The van der Waals surface area contributed by atoms with Gasteiger partial charge in [0.05, 0.1) is 12.2 Å². The van der Waals surface area contributed by atoms with Gasteiger partial charge < -0.3 is 11.1 Å². The number of rotatable bonds is 2. The van der Waals surface area contributed by atoms with Crippen molar-refractivity contribution in [2.24, 2.45) is 0 Å². The third-order valence-electron chi connectivity index (χ3n) is 4.07. The number of nitrogens with two attached hydrogens (primary N) is 1. The lowest BCUT2D eigenvalue weighted by atomic mass is 10.1. The van der Waals surface area contributed by atoms with Gasteiger partial charge in [-0.1, -0.05) is 12.1 Å². The standard InChI is InChI=1S/C17H16N6O/c1-10-3-2-4-11(18)15(10)16-19-6-5-12(21-16)13-9-14-17(24)20-7-8-23(14)22-13/h2-6,9H,7-8,18H2,1H3,(H,20,24). The molecule has 0 unspecified atom stereocenters. The average Bonchev–Trinajstić information content (AvgIpc) is 3.01. The zero-order valence-corrected chi connectivity index (χ0v) is 13.2. The predicted molar refractivity (Wildman–Crippen MR) is 90.2 cm³/mol. The van der Waals surface area contributed by atoms with Crippen LogP contribution in [-0.4, -0.2) is 32.2 Å². The lowest BCUT2D eigenvalue weighted by Crippen LogP contribution is -2.35. The highest BCUT2D eigenvalue weighted by Crippen LogP contribution is 2.28. The first kappa shape index (κ1) is 14.4. The minimum atomic E-state index is -0.113. The third kappa shape index (κ3) is 2.30. The zero-order chi connectivity index (χ0) is 16.7. The van der Waals surface area contributed by atoms with Gasteiger partial charge >= 0.3 is 0 Å². The first-order valence-corrected chi connectivity index (χ1v) is 7.68. The molecular weight excluding hydrogens is 304 g/mol. The summed E-state index contributed by atoms with van der Waals surface area (Å²) in [6.45, 7) is 3.22. The molecule has 7 heteroatoms. The molecule has 0 aliphatic carbocycles. The van der Waals surface area contributed by atoms with Gasteiger partial charge in [-0.05, 0) is 30.7 Å². The molecule has 0 spiro atoms. The maximum absolute atomic E-state index is 11.9. The number of benzene rings is 1. The highest BCUT2D eigenvalue weighted by molar-refractivity contribution is 5.94. The van der Waals surface area contributed by atoms with Gasteiger partial charge in [0.1, 0.15) is 11.4 Å². The summed E-state index contributed by atoms with van der Waals surface area (Å²) in [6, 6.07) is 9.24. The number of nitrogen functional groups attached to an aromatic ring is 1. The van der Waals surface area contributed by atoms with Gasteiger partial charge in [0.15, 0.2) is 5.82 Å². The van der Waals surface area contributed by atoms with E-state index in [1.165, 1.54) is 0 Å². The molecule has 0 fully saturated rings. The normalized spacial score (nSPS) is 13.5. The van der Waals surface area contributed by atoms with E-state index < -0.39 is 0 Å². The Morgan fingerprint density at radius 2 is 2.12 bits per heavy atom. The van der Waals surface area contributed by atoms with Crippen LogP contribution in [0.1, 0.15) is 16.1 Å². The van der Waals surface area contributed by atoms with Crippen LogP contribution in [0.25, 0.3) is 22.8 Å². The van der Waals surface area contributed by atoms with Crippen molar-refractivity contribution >= 4 is 11.6 Å². The second-order valence-electron chi connectivity index (χ2n) is 5.70. The van der Waals surface area contributed by atoms with Crippen LogP contribution in [0.5, 0.6) is 0 Å². The van der Waals surface area contributed by atoms with Crippen LogP contribution in [0.2, 0.25) is 0 Å². The Labute approximate surface area is 138 Å². The van der Waals surface area contributed by atoms with Crippen LogP contribution >= 0.6 is 0 Å². The fourth-order valence-electron chi connectivity index (χ4n) is 2.88. The lowest BCUT2D eigenvalue weighted by Gasteiger charge is -2.13. The molecule has 3 heterocycles. The molecule has 120 valence electrons. The molecule has 0 radical (unpaired) electrons. The van der Waals surface area contributed by atoms with Crippen molar-refractivity contribution in [3.63, 3.8) is 0 Å². The molecule has 1 aromatic carbocycles. The van der Waals surface area contributed by atoms with Crippen molar-refractivity contribution in [3.05, 3.63) is 47.8 Å². The molecule has 0 saturated carbocycles. The topological polar surface area (TPSA) is 98.7 Å². The molecule has 1 aliphatic rings. The van der Waals surface area contributed by atoms with Crippen molar-refractivity contribution in [2.45, 2.75) is 13.5 Å². The van der Waals surface area contributed by atoms with Crippen molar-refractivity contribution in [1.82, 2.24) is 25.1 Å². The molecule has 0 atom stereocenters. The van der Waals surface area contributed by atoms with Crippen LogP contribution in [0.15, 0.2) is 36.5 Å². The van der Waals surface area contributed by atoms with Crippen molar-refractivity contribution in [2.75, 3.05) is 12.3 Å². The zero-order valence-electron chi connectivity index (χ0n) is 13.2. The summed E-state index contributed by atoms with van der Waals surface area (Å²) >= 11 is 0. The number of carbonyl (C=O) groups is 1. The Hall–Kier alpha value is -3.22. The van der Waals surface area contributed by atoms with Gasteiger partial charge in [-0.3, -0.25) is 9.48 Å². The van der Waals surface area contributed by atoms with E-state index in [1.54, 1.807) is 23.0 Å². The summed E-state index contributed by atoms with van der Waals surface area (Å²) in [7, 11) is 0. The second-order valence-corrected chi connectivity index (χ2v) is 5.70.